The van der Waals surface area contributed by atoms with Gasteiger partial charge in [-0.3, -0.25) is 0 Å². The first kappa shape index (κ1) is 16.9. The van der Waals surface area contributed by atoms with E-state index < -0.39 is 0 Å². The summed E-state index contributed by atoms with van der Waals surface area (Å²) in [7, 11) is 1.79. The van der Waals surface area contributed by atoms with Gasteiger partial charge in [-0.05, 0) is 25.5 Å². The van der Waals surface area contributed by atoms with E-state index >= 15 is 0 Å². The maximum Gasteiger partial charge on any atom is 0.317 e. The summed E-state index contributed by atoms with van der Waals surface area (Å²) in [6, 6.07) is 8.10. The molecule has 7 heteroatoms. The molecule has 0 spiro atoms. The Bertz CT molecular complexity index is 794. The van der Waals surface area contributed by atoms with Gasteiger partial charge in [-0.1, -0.05) is 12.1 Å². The van der Waals surface area contributed by atoms with Crippen molar-refractivity contribution in [3.05, 3.63) is 45.4 Å². The number of fused-ring (bicyclic) bond motifs is 1. The number of rotatable bonds is 6. The second-order valence-corrected chi connectivity index (χ2v) is 7.80. The standard InChI is InChI=1S/C17H20N4OS2/c1-12-19-13(11-23-12)10-21(2)17(22)18-9-5-8-16-20-14-6-3-4-7-15(14)24-16/h3-4,6-7,11H,5,8-10H2,1-2H3,(H,18,22). The second kappa shape index (κ2) is 7.72. The molecule has 0 saturated carbocycles. The third-order valence-corrected chi connectivity index (χ3v) is 5.51. The van der Waals surface area contributed by atoms with Crippen molar-refractivity contribution >= 4 is 38.9 Å². The summed E-state index contributed by atoms with van der Waals surface area (Å²) >= 11 is 3.33. The minimum absolute atomic E-state index is 0.0649. The van der Waals surface area contributed by atoms with E-state index in [2.05, 4.69) is 21.4 Å². The predicted molar refractivity (Wildman–Crippen MR) is 99.7 cm³/mol. The SMILES string of the molecule is Cc1nc(CN(C)C(=O)NCCCc2nc3ccccc3s2)cs1. The van der Waals surface area contributed by atoms with E-state index in [1.54, 1.807) is 34.6 Å². The number of carbonyl (C=O) groups is 1. The van der Waals surface area contributed by atoms with Crippen LogP contribution in [0.4, 0.5) is 4.79 Å². The number of urea groups is 1. The van der Waals surface area contributed by atoms with Crippen LogP contribution in [0.1, 0.15) is 22.1 Å². The van der Waals surface area contributed by atoms with E-state index in [0.717, 1.165) is 34.1 Å². The van der Waals surface area contributed by atoms with Crippen LogP contribution in [0.3, 0.4) is 0 Å². The smallest absolute Gasteiger partial charge is 0.317 e. The number of carbonyl (C=O) groups excluding carboxylic acids is 1. The zero-order valence-electron chi connectivity index (χ0n) is 13.8. The number of aromatic nitrogens is 2. The van der Waals surface area contributed by atoms with Crippen LogP contribution in [0, 0.1) is 6.92 Å². The van der Waals surface area contributed by atoms with E-state index in [0.29, 0.717) is 13.1 Å². The van der Waals surface area contributed by atoms with Gasteiger partial charge >= 0.3 is 6.03 Å². The first-order valence-electron chi connectivity index (χ1n) is 7.86. The third-order valence-electron chi connectivity index (χ3n) is 3.59. The van der Waals surface area contributed by atoms with Gasteiger partial charge in [0.25, 0.3) is 0 Å². The largest absolute Gasteiger partial charge is 0.338 e. The van der Waals surface area contributed by atoms with Crippen molar-refractivity contribution in [1.29, 1.82) is 0 Å². The van der Waals surface area contributed by atoms with Crippen molar-refractivity contribution in [3.63, 3.8) is 0 Å². The van der Waals surface area contributed by atoms with Crippen LogP contribution in [0.5, 0.6) is 0 Å². The Morgan fingerprint density at radius 3 is 2.88 bits per heavy atom. The van der Waals surface area contributed by atoms with Crippen LogP contribution in [-0.2, 0) is 13.0 Å². The molecule has 2 heterocycles. The van der Waals surface area contributed by atoms with Crippen molar-refractivity contribution < 1.29 is 4.79 Å². The Morgan fingerprint density at radius 1 is 1.29 bits per heavy atom. The molecular formula is C17H20N4OS2. The molecule has 0 aliphatic carbocycles. The lowest BCUT2D eigenvalue weighted by Gasteiger charge is -2.16. The average Bonchev–Trinajstić information content (AvgIpc) is 3.16. The summed E-state index contributed by atoms with van der Waals surface area (Å²) < 4.78 is 1.22. The molecule has 0 radical (unpaired) electrons. The number of nitrogens with one attached hydrogen (secondary N) is 1. The summed E-state index contributed by atoms with van der Waals surface area (Å²) in [4.78, 5) is 22.7. The Balaban J connectivity index is 1.41. The van der Waals surface area contributed by atoms with Gasteiger partial charge in [0.05, 0.1) is 32.5 Å². The van der Waals surface area contributed by atoms with Gasteiger partial charge in [0, 0.05) is 25.4 Å². The van der Waals surface area contributed by atoms with Gasteiger partial charge in [-0.25, -0.2) is 14.8 Å². The normalized spacial score (nSPS) is 10.9. The number of aryl methyl sites for hydroxylation is 2. The molecule has 2 aromatic heterocycles. The fourth-order valence-electron chi connectivity index (χ4n) is 2.39. The zero-order chi connectivity index (χ0) is 16.9. The number of thiazole rings is 2. The Labute approximate surface area is 149 Å². The number of hydrogen-bond donors (Lipinski definition) is 1. The van der Waals surface area contributed by atoms with Crippen molar-refractivity contribution in [1.82, 2.24) is 20.2 Å². The lowest BCUT2D eigenvalue weighted by Crippen LogP contribution is -2.37. The third kappa shape index (κ3) is 4.30. The molecule has 0 aliphatic rings. The second-order valence-electron chi connectivity index (χ2n) is 5.62. The van der Waals surface area contributed by atoms with Crippen LogP contribution in [0.2, 0.25) is 0 Å². The Morgan fingerprint density at radius 2 is 2.12 bits per heavy atom. The van der Waals surface area contributed by atoms with Crippen molar-refractivity contribution in [2.75, 3.05) is 13.6 Å². The fourth-order valence-corrected chi connectivity index (χ4v) is 4.01. The summed E-state index contributed by atoms with van der Waals surface area (Å²) in [6.45, 7) is 3.15. The molecule has 0 bridgehead atoms. The predicted octanol–water partition coefficient (Wildman–Crippen LogP) is 3.84. The lowest BCUT2D eigenvalue weighted by atomic mass is 10.3. The molecule has 3 rings (SSSR count). The molecule has 126 valence electrons. The number of amides is 2. The summed E-state index contributed by atoms with van der Waals surface area (Å²) in [6.07, 6.45) is 1.77. The highest BCUT2D eigenvalue weighted by molar-refractivity contribution is 7.18. The van der Waals surface area contributed by atoms with Gasteiger partial charge in [0.1, 0.15) is 0 Å². The molecule has 0 atom stereocenters. The quantitative estimate of drug-likeness (QED) is 0.680. The molecular weight excluding hydrogens is 340 g/mol. The lowest BCUT2D eigenvalue weighted by molar-refractivity contribution is 0.206. The number of hydrogen-bond acceptors (Lipinski definition) is 5. The molecule has 0 aliphatic heterocycles. The average molecular weight is 361 g/mol. The van der Waals surface area contributed by atoms with E-state index in [1.807, 2.05) is 30.5 Å². The molecule has 0 fully saturated rings. The number of para-hydroxylation sites is 1. The van der Waals surface area contributed by atoms with Crippen molar-refractivity contribution in [2.24, 2.45) is 0 Å². The fraction of sp³-hybridized carbons (Fsp3) is 0.353. The summed E-state index contributed by atoms with van der Waals surface area (Å²) in [5.74, 6) is 0. The Kier molecular flexibility index (Phi) is 5.42. The highest BCUT2D eigenvalue weighted by Gasteiger charge is 2.10. The van der Waals surface area contributed by atoms with Crippen molar-refractivity contribution in [3.8, 4) is 0 Å². The maximum atomic E-state index is 12.1. The van der Waals surface area contributed by atoms with E-state index in [-0.39, 0.29) is 6.03 Å². The van der Waals surface area contributed by atoms with E-state index in [1.165, 1.54) is 4.70 Å². The maximum absolute atomic E-state index is 12.1. The topological polar surface area (TPSA) is 58.1 Å². The van der Waals surface area contributed by atoms with Crippen LogP contribution >= 0.6 is 22.7 Å². The minimum Gasteiger partial charge on any atom is -0.338 e. The molecule has 5 nitrogen and oxygen atoms in total. The van der Waals surface area contributed by atoms with Gasteiger partial charge in [0.15, 0.2) is 0 Å². The molecule has 1 N–H and O–H groups in total. The molecule has 1 aromatic carbocycles. The molecule has 2 amide bonds. The van der Waals surface area contributed by atoms with Crippen LogP contribution in [0.25, 0.3) is 10.2 Å². The van der Waals surface area contributed by atoms with Gasteiger partial charge < -0.3 is 10.2 Å². The van der Waals surface area contributed by atoms with E-state index in [9.17, 15) is 4.79 Å². The Hall–Kier alpha value is -1.99. The van der Waals surface area contributed by atoms with E-state index in [4.69, 9.17) is 0 Å². The molecule has 3 aromatic rings. The van der Waals surface area contributed by atoms with Crippen LogP contribution < -0.4 is 5.32 Å². The first-order valence-corrected chi connectivity index (χ1v) is 9.56. The number of benzene rings is 1. The van der Waals surface area contributed by atoms with Gasteiger partial charge in [0.2, 0.25) is 0 Å². The summed E-state index contributed by atoms with van der Waals surface area (Å²) in [5.41, 5.74) is 1.99. The zero-order valence-corrected chi connectivity index (χ0v) is 15.4. The van der Waals surface area contributed by atoms with Crippen LogP contribution in [-0.4, -0.2) is 34.5 Å². The molecule has 24 heavy (non-hydrogen) atoms. The van der Waals surface area contributed by atoms with Gasteiger partial charge in [-0.15, -0.1) is 22.7 Å². The molecule has 0 saturated heterocycles. The highest BCUT2D eigenvalue weighted by Crippen LogP contribution is 2.22. The highest BCUT2D eigenvalue weighted by atomic mass is 32.1. The van der Waals surface area contributed by atoms with Crippen LogP contribution in [0.15, 0.2) is 29.6 Å². The monoisotopic (exact) mass is 360 g/mol. The minimum atomic E-state index is -0.0649. The first-order chi connectivity index (χ1) is 11.6. The van der Waals surface area contributed by atoms with Gasteiger partial charge in [-0.2, -0.15) is 0 Å². The number of nitrogens with zero attached hydrogens (tertiary/aromatic N) is 3. The summed E-state index contributed by atoms with van der Waals surface area (Å²) in [5, 5.41) is 7.09. The molecule has 0 unspecified atom stereocenters. The van der Waals surface area contributed by atoms with Crippen molar-refractivity contribution in [2.45, 2.75) is 26.3 Å².